The number of hydrogen-bond donors (Lipinski definition) is 3. The van der Waals surface area contributed by atoms with Crippen molar-refractivity contribution in [3.8, 4) is 0 Å². The number of aliphatic carboxylic acids is 1. The van der Waals surface area contributed by atoms with Crippen molar-refractivity contribution in [2.45, 2.75) is 83.5 Å². The summed E-state index contributed by atoms with van der Waals surface area (Å²) in [6.07, 6.45) is 2.63. The largest absolute Gasteiger partial charge is 0.481 e. The molecule has 1 aromatic rings. The standard InChI is InChI=1S/C24H36N2O5/c1-16(2)21(22(30)25-17(15-27)14-20(28)29)26-24(12-8-9-13-31-24)19-11-7-6-10-18(19)23(3,4)5/h6-7,10-11,15-17,21,26H,8-9,12-14H2,1-5H3,(H,25,30)(H,28,29)/t17-,21-,24?/m0/s1. The average Bonchev–Trinajstić information content (AvgIpc) is 2.71. The topological polar surface area (TPSA) is 105 Å². The molecule has 1 aliphatic heterocycles. The van der Waals surface area contributed by atoms with Crippen molar-refractivity contribution in [2.75, 3.05) is 6.61 Å². The van der Waals surface area contributed by atoms with Gasteiger partial charge in [-0.15, -0.1) is 0 Å². The van der Waals surface area contributed by atoms with E-state index in [1.165, 1.54) is 0 Å². The lowest BCUT2D eigenvalue weighted by molar-refractivity contribution is -0.142. The monoisotopic (exact) mass is 432 g/mol. The summed E-state index contributed by atoms with van der Waals surface area (Å²) in [6, 6.07) is 6.39. The third-order valence-electron chi connectivity index (χ3n) is 5.67. The van der Waals surface area contributed by atoms with E-state index in [0.29, 0.717) is 19.3 Å². The number of ether oxygens (including phenoxy) is 1. The first kappa shape index (κ1) is 25.0. The van der Waals surface area contributed by atoms with Crippen LogP contribution in [0, 0.1) is 5.92 Å². The maximum absolute atomic E-state index is 13.1. The average molecular weight is 433 g/mol. The molecule has 0 aromatic heterocycles. The van der Waals surface area contributed by atoms with Gasteiger partial charge < -0.3 is 20.0 Å². The van der Waals surface area contributed by atoms with E-state index in [9.17, 15) is 14.4 Å². The number of carboxylic acid groups (broad SMARTS) is 1. The number of nitrogens with one attached hydrogen (secondary N) is 2. The van der Waals surface area contributed by atoms with E-state index in [-0.39, 0.29) is 11.3 Å². The van der Waals surface area contributed by atoms with Gasteiger partial charge in [0.15, 0.2) is 0 Å². The van der Waals surface area contributed by atoms with E-state index in [2.05, 4.69) is 37.5 Å². The van der Waals surface area contributed by atoms with Gasteiger partial charge in [-0.1, -0.05) is 58.9 Å². The second-order valence-electron chi connectivity index (χ2n) is 9.64. The predicted molar refractivity (Wildman–Crippen MR) is 119 cm³/mol. The lowest BCUT2D eigenvalue weighted by Gasteiger charge is -2.44. The second-order valence-corrected chi connectivity index (χ2v) is 9.64. The van der Waals surface area contributed by atoms with E-state index < -0.39 is 36.1 Å². The molecule has 0 aliphatic carbocycles. The van der Waals surface area contributed by atoms with Crippen LogP contribution in [0.3, 0.4) is 0 Å². The smallest absolute Gasteiger partial charge is 0.305 e. The maximum atomic E-state index is 13.1. The van der Waals surface area contributed by atoms with Crippen LogP contribution in [0.5, 0.6) is 0 Å². The summed E-state index contributed by atoms with van der Waals surface area (Å²) in [4.78, 5) is 35.4. The summed E-state index contributed by atoms with van der Waals surface area (Å²) in [6.45, 7) is 10.8. The van der Waals surface area contributed by atoms with Crippen molar-refractivity contribution in [2.24, 2.45) is 5.92 Å². The summed E-state index contributed by atoms with van der Waals surface area (Å²) in [5, 5.41) is 15.0. The fourth-order valence-electron chi connectivity index (χ4n) is 4.07. The fraction of sp³-hybridized carbons (Fsp3) is 0.625. The first-order chi connectivity index (χ1) is 14.5. The van der Waals surface area contributed by atoms with Crippen LogP contribution in [0.2, 0.25) is 0 Å². The van der Waals surface area contributed by atoms with Gasteiger partial charge in [0.05, 0.1) is 18.5 Å². The van der Waals surface area contributed by atoms with Crippen molar-refractivity contribution in [1.82, 2.24) is 10.6 Å². The van der Waals surface area contributed by atoms with Crippen LogP contribution in [-0.4, -0.2) is 42.0 Å². The molecule has 31 heavy (non-hydrogen) atoms. The van der Waals surface area contributed by atoms with Crippen LogP contribution in [0.4, 0.5) is 0 Å². The molecule has 7 nitrogen and oxygen atoms in total. The Morgan fingerprint density at radius 1 is 1.23 bits per heavy atom. The molecule has 3 N–H and O–H groups in total. The van der Waals surface area contributed by atoms with E-state index in [1.807, 2.05) is 32.0 Å². The van der Waals surface area contributed by atoms with E-state index in [1.54, 1.807) is 0 Å². The molecule has 0 radical (unpaired) electrons. The van der Waals surface area contributed by atoms with Gasteiger partial charge in [0, 0.05) is 12.2 Å². The minimum Gasteiger partial charge on any atom is -0.481 e. The Labute approximate surface area is 184 Å². The quantitative estimate of drug-likeness (QED) is 0.518. The van der Waals surface area contributed by atoms with Crippen LogP contribution in [0.15, 0.2) is 24.3 Å². The molecule has 7 heteroatoms. The highest BCUT2D eigenvalue weighted by Crippen LogP contribution is 2.39. The molecule has 1 aromatic carbocycles. The number of aldehydes is 1. The van der Waals surface area contributed by atoms with Gasteiger partial charge in [-0.3, -0.25) is 14.9 Å². The zero-order chi connectivity index (χ0) is 23.2. The van der Waals surface area contributed by atoms with Crippen LogP contribution in [0.25, 0.3) is 0 Å². The normalized spacial score (nSPS) is 21.4. The van der Waals surface area contributed by atoms with Crippen LogP contribution in [-0.2, 0) is 30.3 Å². The molecule has 1 heterocycles. The van der Waals surface area contributed by atoms with Gasteiger partial charge in [0.2, 0.25) is 5.91 Å². The number of carbonyl (C=O) groups excluding carboxylic acids is 2. The van der Waals surface area contributed by atoms with Gasteiger partial charge in [-0.25, -0.2) is 0 Å². The Balaban J connectivity index is 2.41. The second kappa shape index (κ2) is 10.4. The molecule has 172 valence electrons. The van der Waals surface area contributed by atoms with E-state index in [4.69, 9.17) is 9.84 Å². The number of hydrogen-bond acceptors (Lipinski definition) is 5. The van der Waals surface area contributed by atoms with E-state index in [0.717, 1.165) is 24.0 Å². The Hall–Kier alpha value is -2.25. The van der Waals surface area contributed by atoms with Gasteiger partial charge in [-0.2, -0.15) is 0 Å². The molecule has 0 spiro atoms. The Morgan fingerprint density at radius 2 is 1.90 bits per heavy atom. The molecule has 0 saturated carbocycles. The zero-order valence-corrected chi connectivity index (χ0v) is 19.2. The molecule has 1 amide bonds. The van der Waals surface area contributed by atoms with Crippen LogP contribution in [0.1, 0.15) is 71.4 Å². The Morgan fingerprint density at radius 3 is 2.42 bits per heavy atom. The summed E-state index contributed by atoms with van der Waals surface area (Å²) in [5.74, 6) is -1.66. The molecule has 1 unspecified atom stereocenters. The third kappa shape index (κ3) is 6.37. The lowest BCUT2D eigenvalue weighted by Crippen LogP contribution is -2.59. The Kier molecular flexibility index (Phi) is 8.37. The SMILES string of the molecule is CC(C)[C@H](NC1(c2ccccc2C(C)(C)C)CCCCO1)C(=O)N[C@H](C=O)CC(=O)O. The molecule has 3 atom stereocenters. The van der Waals surface area contributed by atoms with Crippen molar-refractivity contribution < 1.29 is 24.2 Å². The third-order valence-corrected chi connectivity index (χ3v) is 5.67. The number of carboxylic acids is 1. The maximum Gasteiger partial charge on any atom is 0.305 e. The van der Waals surface area contributed by atoms with Crippen molar-refractivity contribution in [3.63, 3.8) is 0 Å². The molecule has 2 rings (SSSR count). The van der Waals surface area contributed by atoms with Crippen LogP contribution < -0.4 is 10.6 Å². The molecule has 1 fully saturated rings. The highest BCUT2D eigenvalue weighted by molar-refractivity contribution is 5.86. The molecule has 1 saturated heterocycles. The zero-order valence-electron chi connectivity index (χ0n) is 19.2. The summed E-state index contributed by atoms with van der Waals surface area (Å²) in [5.41, 5.74) is 1.20. The first-order valence-electron chi connectivity index (χ1n) is 11.0. The molecule has 1 aliphatic rings. The highest BCUT2D eigenvalue weighted by Gasteiger charge is 2.42. The van der Waals surface area contributed by atoms with Crippen molar-refractivity contribution in [1.29, 1.82) is 0 Å². The minimum absolute atomic E-state index is 0.110. The number of rotatable bonds is 9. The van der Waals surface area contributed by atoms with Gasteiger partial charge in [-0.05, 0) is 36.2 Å². The summed E-state index contributed by atoms with van der Waals surface area (Å²) >= 11 is 0. The van der Waals surface area contributed by atoms with E-state index >= 15 is 0 Å². The Bertz CT molecular complexity index is 778. The lowest BCUT2D eigenvalue weighted by atomic mass is 9.78. The first-order valence-corrected chi connectivity index (χ1v) is 11.0. The van der Waals surface area contributed by atoms with Gasteiger partial charge >= 0.3 is 5.97 Å². The number of amides is 1. The van der Waals surface area contributed by atoms with Gasteiger partial charge in [0.25, 0.3) is 0 Å². The molecular formula is C24H36N2O5. The summed E-state index contributed by atoms with van der Waals surface area (Å²) < 4.78 is 6.36. The van der Waals surface area contributed by atoms with Gasteiger partial charge in [0.1, 0.15) is 12.0 Å². The van der Waals surface area contributed by atoms with Crippen molar-refractivity contribution in [3.05, 3.63) is 35.4 Å². The fourth-order valence-corrected chi connectivity index (χ4v) is 4.07. The predicted octanol–water partition coefficient (Wildman–Crippen LogP) is 3.11. The highest BCUT2D eigenvalue weighted by atomic mass is 16.5. The van der Waals surface area contributed by atoms with Crippen LogP contribution >= 0.6 is 0 Å². The summed E-state index contributed by atoms with van der Waals surface area (Å²) in [7, 11) is 0. The minimum atomic E-state index is -1.14. The molecule has 0 bridgehead atoms. The van der Waals surface area contributed by atoms with Crippen molar-refractivity contribution >= 4 is 18.2 Å². The number of benzene rings is 1. The number of carbonyl (C=O) groups is 3. The molecular weight excluding hydrogens is 396 g/mol.